The molecule has 3 nitrogen and oxygen atoms in total. The zero-order chi connectivity index (χ0) is 4.28. The summed E-state index contributed by atoms with van der Waals surface area (Å²) in [5.41, 5.74) is 0. The van der Waals surface area contributed by atoms with Crippen LogP contribution in [0.5, 0.6) is 0 Å². The summed E-state index contributed by atoms with van der Waals surface area (Å²) in [6.07, 6.45) is 0. The van der Waals surface area contributed by atoms with Crippen molar-refractivity contribution in [3.63, 3.8) is 0 Å². The van der Waals surface area contributed by atoms with E-state index in [-0.39, 0.29) is 41.0 Å². The molecule has 0 bridgehead atoms. The summed E-state index contributed by atoms with van der Waals surface area (Å²) in [6, 6.07) is 0. The molecule has 0 aliphatic rings. The van der Waals surface area contributed by atoms with Crippen LogP contribution in [0.15, 0.2) is 0 Å². The second-order valence-corrected chi connectivity index (χ2v) is 0.649. The summed E-state index contributed by atoms with van der Waals surface area (Å²) in [4.78, 5) is 8.80. The van der Waals surface area contributed by atoms with E-state index in [0.717, 1.165) is 0 Å². The van der Waals surface area contributed by atoms with E-state index in [4.69, 9.17) is 0 Å². The van der Waals surface area contributed by atoms with Crippen LogP contribution in [-0.4, -0.2) is 41.0 Å². The van der Waals surface area contributed by atoms with Gasteiger partial charge in [-0.1, -0.05) is 0 Å². The molecule has 0 unspecified atom stereocenters. The van der Waals surface area contributed by atoms with Crippen molar-refractivity contribution in [1.29, 1.82) is 0 Å². The minimum atomic E-state index is -0.375. The molecule has 0 N–H and O–H groups in total. The molecule has 0 fully saturated rings. The third kappa shape index (κ3) is 8.83. The van der Waals surface area contributed by atoms with Crippen molar-refractivity contribution in [1.82, 2.24) is 0 Å². The van der Waals surface area contributed by atoms with Crippen molar-refractivity contribution < 1.29 is 4.92 Å². The quantitative estimate of drug-likeness (QED) is 0.261. The molecule has 0 aliphatic heterocycles. The van der Waals surface area contributed by atoms with Crippen molar-refractivity contribution in [3.8, 4) is 0 Å². The molecule has 0 saturated heterocycles. The van der Waals surface area contributed by atoms with Gasteiger partial charge in [0.05, 0.1) is 0 Å². The Morgan fingerprint density at radius 1 is 1.83 bits per heavy atom. The van der Waals surface area contributed by atoms with Gasteiger partial charge in [-0.05, 0) is 0 Å². The van der Waals surface area contributed by atoms with E-state index in [0.29, 0.717) is 0 Å². The van der Waals surface area contributed by atoms with E-state index in [2.05, 4.69) is 0 Å². The van der Waals surface area contributed by atoms with Crippen molar-refractivity contribution in [2.75, 3.05) is 6.54 Å². The Kier molecular flexibility index (Phi) is 8.68. The maximum Gasteiger partial charge on any atom is 0.201 e. The molecule has 0 aromatic carbocycles. The standard InChI is InChI=1S/C2H5NO2.Na/c1-2-3(4)5;/h2H2,1H3;. The van der Waals surface area contributed by atoms with Gasteiger partial charge in [-0.3, -0.25) is 10.1 Å². The maximum atomic E-state index is 9.17. The Hall–Kier alpha value is 0.400. The van der Waals surface area contributed by atoms with Gasteiger partial charge < -0.3 is 0 Å². The molecule has 0 saturated carbocycles. The van der Waals surface area contributed by atoms with Crippen molar-refractivity contribution >= 4 is 29.6 Å². The first-order chi connectivity index (χ1) is 2.27. The summed E-state index contributed by atoms with van der Waals surface area (Å²) in [6.45, 7) is 1.53. The van der Waals surface area contributed by atoms with Crippen molar-refractivity contribution in [3.05, 3.63) is 10.1 Å². The predicted molar refractivity (Wildman–Crippen MR) is 23.3 cm³/mol. The minimum absolute atomic E-state index is 0. The second-order valence-electron chi connectivity index (χ2n) is 0.649. The average molecular weight is 98.1 g/mol. The number of rotatable bonds is 1. The first kappa shape index (κ1) is 9.64. The monoisotopic (exact) mass is 98.0 g/mol. The van der Waals surface area contributed by atoms with Gasteiger partial charge in [-0.2, -0.15) is 0 Å². The van der Waals surface area contributed by atoms with Crippen LogP contribution in [0.4, 0.5) is 0 Å². The van der Waals surface area contributed by atoms with Crippen LogP contribution < -0.4 is 0 Å². The molecule has 0 amide bonds. The molecule has 0 atom stereocenters. The number of hydrogen-bond acceptors (Lipinski definition) is 2. The summed E-state index contributed by atoms with van der Waals surface area (Å²) in [5.74, 6) is 0. The number of nitrogens with zero attached hydrogens (tertiary/aromatic N) is 1. The predicted octanol–water partition coefficient (Wildman–Crippen LogP) is -0.0978. The molecule has 0 spiro atoms. The van der Waals surface area contributed by atoms with Gasteiger partial charge in [0, 0.05) is 41.4 Å². The van der Waals surface area contributed by atoms with Crippen LogP contribution in [0.1, 0.15) is 6.92 Å². The summed E-state index contributed by atoms with van der Waals surface area (Å²) in [5, 5.41) is 9.17. The Morgan fingerprint density at radius 2 is 2.00 bits per heavy atom. The van der Waals surface area contributed by atoms with Gasteiger partial charge in [0.2, 0.25) is 6.54 Å². The van der Waals surface area contributed by atoms with Crippen LogP contribution in [0.25, 0.3) is 0 Å². The molecule has 0 aromatic heterocycles. The van der Waals surface area contributed by atoms with Crippen LogP contribution in [0, 0.1) is 10.1 Å². The van der Waals surface area contributed by atoms with Gasteiger partial charge in [0.15, 0.2) is 0 Å². The third-order valence-corrected chi connectivity index (χ3v) is 0.258. The molecule has 6 heavy (non-hydrogen) atoms. The van der Waals surface area contributed by atoms with Crippen LogP contribution in [0.3, 0.4) is 0 Å². The molecular weight excluding hydrogens is 93.0 g/mol. The Labute approximate surface area is 58.2 Å². The second kappa shape index (κ2) is 5.40. The van der Waals surface area contributed by atoms with Gasteiger partial charge >= 0.3 is 0 Å². The van der Waals surface area contributed by atoms with Gasteiger partial charge in [0.1, 0.15) is 0 Å². The molecule has 0 rings (SSSR count). The fraction of sp³-hybridized carbons (Fsp3) is 1.00. The topological polar surface area (TPSA) is 43.1 Å². The van der Waals surface area contributed by atoms with Gasteiger partial charge in [0.25, 0.3) is 0 Å². The van der Waals surface area contributed by atoms with Gasteiger partial charge in [-0.25, -0.2) is 0 Å². The fourth-order valence-corrected chi connectivity index (χ4v) is 0. The Balaban J connectivity index is 0. The van der Waals surface area contributed by atoms with E-state index in [9.17, 15) is 10.1 Å². The van der Waals surface area contributed by atoms with Crippen molar-refractivity contribution in [2.45, 2.75) is 6.92 Å². The summed E-state index contributed by atoms with van der Waals surface area (Å²) < 4.78 is 0. The summed E-state index contributed by atoms with van der Waals surface area (Å²) in [7, 11) is 0. The molecule has 1 radical (unpaired) electrons. The normalized spacial score (nSPS) is 6.17. The molecule has 0 aliphatic carbocycles. The van der Waals surface area contributed by atoms with E-state index >= 15 is 0 Å². The molecule has 0 aromatic rings. The van der Waals surface area contributed by atoms with E-state index in [1.54, 1.807) is 0 Å². The van der Waals surface area contributed by atoms with Crippen molar-refractivity contribution in [2.24, 2.45) is 0 Å². The zero-order valence-electron chi connectivity index (χ0n) is 3.97. The van der Waals surface area contributed by atoms with Crippen LogP contribution in [-0.2, 0) is 0 Å². The SMILES string of the molecule is CC[N+](=O)[O-].[Na]. The largest absolute Gasteiger partial charge is 0.265 e. The zero-order valence-corrected chi connectivity index (χ0v) is 5.97. The third-order valence-electron chi connectivity index (χ3n) is 0.258. The van der Waals surface area contributed by atoms with E-state index in [1.165, 1.54) is 6.92 Å². The smallest absolute Gasteiger partial charge is 0.201 e. The number of nitro groups is 1. The Morgan fingerprint density at radius 3 is 2.00 bits per heavy atom. The molecular formula is C2H5NNaO2. The van der Waals surface area contributed by atoms with Gasteiger partial charge in [-0.15, -0.1) is 0 Å². The molecule has 31 valence electrons. The number of hydrogen-bond donors (Lipinski definition) is 0. The first-order valence-corrected chi connectivity index (χ1v) is 1.39. The first-order valence-electron chi connectivity index (χ1n) is 1.39. The average Bonchev–Trinajstić information content (AvgIpc) is 1.38. The Bertz CT molecular complexity index is 46.8. The fourth-order valence-electron chi connectivity index (χ4n) is 0. The van der Waals surface area contributed by atoms with E-state index < -0.39 is 0 Å². The summed E-state index contributed by atoms with van der Waals surface area (Å²) >= 11 is 0. The van der Waals surface area contributed by atoms with E-state index in [1.807, 2.05) is 0 Å². The maximum absolute atomic E-state index is 9.17. The molecule has 0 heterocycles. The minimum Gasteiger partial charge on any atom is -0.265 e. The van der Waals surface area contributed by atoms with Crippen LogP contribution >= 0.6 is 0 Å². The van der Waals surface area contributed by atoms with Crippen LogP contribution in [0.2, 0.25) is 0 Å². The molecule has 4 heteroatoms.